The SMILES string of the molecule is O=C(Nc1ccccc1C(=O)N1CCCCC1)/C(=C/c1ccco1)c1ccccc1. The number of likely N-dealkylation sites (tertiary alicyclic amines) is 1. The lowest BCUT2D eigenvalue weighted by Crippen LogP contribution is -2.36. The Balaban J connectivity index is 1.63. The van der Waals surface area contributed by atoms with Crippen molar-refractivity contribution in [1.82, 2.24) is 4.90 Å². The number of amides is 2. The number of hydrogen-bond donors (Lipinski definition) is 1. The van der Waals surface area contributed by atoms with Crippen molar-refractivity contribution in [3.63, 3.8) is 0 Å². The molecule has 2 heterocycles. The minimum absolute atomic E-state index is 0.0399. The molecule has 152 valence electrons. The van der Waals surface area contributed by atoms with Gasteiger partial charge in [0.2, 0.25) is 0 Å². The maximum absolute atomic E-state index is 13.2. The van der Waals surface area contributed by atoms with Crippen LogP contribution in [0.4, 0.5) is 5.69 Å². The highest BCUT2D eigenvalue weighted by Crippen LogP contribution is 2.24. The Labute approximate surface area is 176 Å². The fourth-order valence-electron chi connectivity index (χ4n) is 3.65. The highest BCUT2D eigenvalue weighted by atomic mass is 16.3. The summed E-state index contributed by atoms with van der Waals surface area (Å²) in [5, 5.41) is 2.95. The molecule has 0 spiro atoms. The van der Waals surface area contributed by atoms with Gasteiger partial charge in [0.05, 0.1) is 23.1 Å². The number of benzene rings is 2. The van der Waals surface area contributed by atoms with E-state index < -0.39 is 0 Å². The molecular formula is C25H24N2O3. The maximum Gasteiger partial charge on any atom is 0.256 e. The third-order valence-electron chi connectivity index (χ3n) is 5.21. The molecule has 0 radical (unpaired) electrons. The van der Waals surface area contributed by atoms with E-state index in [4.69, 9.17) is 4.42 Å². The minimum atomic E-state index is -0.295. The van der Waals surface area contributed by atoms with E-state index in [1.807, 2.05) is 47.4 Å². The van der Waals surface area contributed by atoms with Crippen LogP contribution in [-0.4, -0.2) is 29.8 Å². The predicted molar refractivity (Wildman–Crippen MR) is 118 cm³/mol. The Morgan fingerprint density at radius 2 is 1.60 bits per heavy atom. The second kappa shape index (κ2) is 9.27. The van der Waals surface area contributed by atoms with Gasteiger partial charge in [-0.25, -0.2) is 0 Å². The Bertz CT molecular complexity index is 1030. The van der Waals surface area contributed by atoms with Gasteiger partial charge < -0.3 is 14.6 Å². The van der Waals surface area contributed by atoms with Crippen molar-refractivity contribution >= 4 is 29.2 Å². The molecule has 1 saturated heterocycles. The Kier molecular flexibility index (Phi) is 6.09. The lowest BCUT2D eigenvalue weighted by Gasteiger charge is -2.27. The van der Waals surface area contributed by atoms with Crippen LogP contribution in [0.3, 0.4) is 0 Å². The summed E-state index contributed by atoms with van der Waals surface area (Å²) in [5.41, 5.74) is 2.26. The molecule has 0 aliphatic carbocycles. The normalized spacial score (nSPS) is 14.4. The molecule has 4 rings (SSSR count). The zero-order chi connectivity index (χ0) is 20.8. The van der Waals surface area contributed by atoms with Crippen LogP contribution >= 0.6 is 0 Å². The topological polar surface area (TPSA) is 62.6 Å². The third-order valence-corrected chi connectivity index (χ3v) is 5.21. The lowest BCUT2D eigenvalue weighted by molar-refractivity contribution is -0.111. The van der Waals surface area contributed by atoms with Gasteiger partial charge in [-0.3, -0.25) is 9.59 Å². The van der Waals surface area contributed by atoms with E-state index in [0.29, 0.717) is 22.6 Å². The molecule has 1 aliphatic rings. The number of carbonyl (C=O) groups is 2. The van der Waals surface area contributed by atoms with Gasteiger partial charge in [0.15, 0.2) is 0 Å². The molecule has 0 saturated carbocycles. The summed E-state index contributed by atoms with van der Waals surface area (Å²) in [6, 6.07) is 20.2. The minimum Gasteiger partial charge on any atom is -0.465 e. The van der Waals surface area contributed by atoms with Gasteiger partial charge in [0.25, 0.3) is 11.8 Å². The average molecular weight is 400 g/mol. The van der Waals surface area contributed by atoms with Gasteiger partial charge in [0, 0.05) is 13.1 Å². The zero-order valence-electron chi connectivity index (χ0n) is 16.7. The molecule has 2 aromatic carbocycles. The van der Waals surface area contributed by atoms with Crippen molar-refractivity contribution in [3.8, 4) is 0 Å². The van der Waals surface area contributed by atoms with Crippen LogP contribution in [-0.2, 0) is 4.79 Å². The second-order valence-electron chi connectivity index (χ2n) is 7.29. The molecule has 30 heavy (non-hydrogen) atoms. The van der Waals surface area contributed by atoms with E-state index >= 15 is 0 Å². The van der Waals surface area contributed by atoms with E-state index in [-0.39, 0.29) is 11.8 Å². The molecule has 5 nitrogen and oxygen atoms in total. The smallest absolute Gasteiger partial charge is 0.256 e. The fraction of sp³-hybridized carbons (Fsp3) is 0.200. The first-order chi connectivity index (χ1) is 14.7. The molecule has 1 aromatic heterocycles. The van der Waals surface area contributed by atoms with E-state index in [0.717, 1.165) is 37.9 Å². The second-order valence-corrected chi connectivity index (χ2v) is 7.29. The number of furan rings is 1. The lowest BCUT2D eigenvalue weighted by atomic mass is 10.0. The van der Waals surface area contributed by atoms with Crippen LogP contribution in [0.5, 0.6) is 0 Å². The summed E-state index contributed by atoms with van der Waals surface area (Å²) in [5.74, 6) is 0.250. The first-order valence-electron chi connectivity index (χ1n) is 10.2. The molecule has 0 bridgehead atoms. The van der Waals surface area contributed by atoms with Gasteiger partial charge in [-0.1, -0.05) is 42.5 Å². The number of piperidine rings is 1. The molecule has 5 heteroatoms. The standard InChI is InChI=1S/C25H24N2O3/c28-24(22(18-20-12-9-17-30-20)19-10-3-1-4-11-19)26-23-14-6-5-13-21(23)25(29)27-15-7-2-8-16-27/h1,3-6,9-14,17-18H,2,7-8,15-16H2,(H,26,28)/b22-18+. The molecule has 1 aliphatic heterocycles. The van der Waals surface area contributed by atoms with Gasteiger partial charge in [-0.2, -0.15) is 0 Å². The average Bonchev–Trinajstić information content (AvgIpc) is 3.32. The van der Waals surface area contributed by atoms with Gasteiger partial charge in [0.1, 0.15) is 5.76 Å². The van der Waals surface area contributed by atoms with Crippen LogP contribution in [0.15, 0.2) is 77.4 Å². The zero-order valence-corrected chi connectivity index (χ0v) is 16.7. The number of nitrogens with one attached hydrogen (secondary N) is 1. The van der Waals surface area contributed by atoms with Crippen LogP contribution in [0.1, 0.15) is 40.9 Å². The van der Waals surface area contributed by atoms with Crippen molar-refractivity contribution in [2.45, 2.75) is 19.3 Å². The highest BCUT2D eigenvalue weighted by molar-refractivity contribution is 6.29. The largest absolute Gasteiger partial charge is 0.465 e. The fourth-order valence-corrected chi connectivity index (χ4v) is 3.65. The highest BCUT2D eigenvalue weighted by Gasteiger charge is 2.22. The van der Waals surface area contributed by atoms with Gasteiger partial charge in [-0.05, 0) is 55.2 Å². The van der Waals surface area contributed by atoms with Crippen molar-refractivity contribution in [2.75, 3.05) is 18.4 Å². The Hall–Kier alpha value is -3.60. The van der Waals surface area contributed by atoms with Crippen molar-refractivity contribution < 1.29 is 14.0 Å². The summed E-state index contributed by atoms with van der Waals surface area (Å²) in [6.07, 6.45) is 6.47. The van der Waals surface area contributed by atoms with Crippen LogP contribution in [0, 0.1) is 0 Å². The first kappa shape index (κ1) is 19.7. The van der Waals surface area contributed by atoms with E-state index in [1.54, 1.807) is 36.6 Å². The van der Waals surface area contributed by atoms with Crippen molar-refractivity contribution in [1.29, 1.82) is 0 Å². The molecule has 0 unspecified atom stereocenters. The summed E-state index contributed by atoms with van der Waals surface area (Å²) in [7, 11) is 0. The molecule has 1 fully saturated rings. The number of para-hydroxylation sites is 1. The quantitative estimate of drug-likeness (QED) is 0.607. The predicted octanol–water partition coefficient (Wildman–Crippen LogP) is 5.09. The van der Waals surface area contributed by atoms with E-state index in [2.05, 4.69) is 5.32 Å². The van der Waals surface area contributed by atoms with Crippen LogP contribution < -0.4 is 5.32 Å². The Morgan fingerprint density at radius 3 is 2.33 bits per heavy atom. The van der Waals surface area contributed by atoms with Crippen molar-refractivity contribution in [2.24, 2.45) is 0 Å². The van der Waals surface area contributed by atoms with Crippen molar-refractivity contribution in [3.05, 3.63) is 89.9 Å². The van der Waals surface area contributed by atoms with Crippen LogP contribution in [0.2, 0.25) is 0 Å². The number of carbonyl (C=O) groups excluding carboxylic acids is 2. The van der Waals surface area contributed by atoms with Gasteiger partial charge >= 0.3 is 0 Å². The van der Waals surface area contributed by atoms with E-state index in [9.17, 15) is 9.59 Å². The third kappa shape index (κ3) is 4.51. The monoisotopic (exact) mass is 400 g/mol. The first-order valence-corrected chi connectivity index (χ1v) is 10.2. The molecular weight excluding hydrogens is 376 g/mol. The summed E-state index contributed by atoms with van der Waals surface area (Å²) < 4.78 is 5.41. The molecule has 0 atom stereocenters. The molecule has 2 amide bonds. The van der Waals surface area contributed by atoms with Crippen LogP contribution in [0.25, 0.3) is 11.6 Å². The molecule has 1 N–H and O–H groups in total. The number of nitrogens with zero attached hydrogens (tertiary/aromatic N) is 1. The van der Waals surface area contributed by atoms with Gasteiger partial charge in [-0.15, -0.1) is 0 Å². The summed E-state index contributed by atoms with van der Waals surface area (Å²) in [6.45, 7) is 1.52. The number of anilines is 1. The number of hydrogen-bond acceptors (Lipinski definition) is 3. The maximum atomic E-state index is 13.2. The summed E-state index contributed by atoms with van der Waals surface area (Å²) in [4.78, 5) is 28.2. The van der Waals surface area contributed by atoms with E-state index in [1.165, 1.54) is 0 Å². The number of rotatable bonds is 5. The summed E-state index contributed by atoms with van der Waals surface area (Å²) >= 11 is 0. The Morgan fingerprint density at radius 1 is 0.867 bits per heavy atom. The molecule has 3 aromatic rings.